The summed E-state index contributed by atoms with van der Waals surface area (Å²) in [4.78, 5) is 0. The number of fused-ring (bicyclic) bond motifs is 1. The molecular formula is C13H17NOS. The van der Waals surface area contributed by atoms with Crippen LogP contribution in [0.3, 0.4) is 0 Å². The van der Waals surface area contributed by atoms with E-state index in [2.05, 4.69) is 35.2 Å². The summed E-state index contributed by atoms with van der Waals surface area (Å²) in [5.74, 6) is 1.19. The van der Waals surface area contributed by atoms with Crippen molar-refractivity contribution in [2.45, 2.75) is 19.6 Å². The van der Waals surface area contributed by atoms with E-state index in [0.29, 0.717) is 0 Å². The topological polar surface area (TPSA) is 25.2 Å². The van der Waals surface area contributed by atoms with Gasteiger partial charge in [0.1, 0.15) is 0 Å². The number of aromatic nitrogens is 1. The fourth-order valence-electron chi connectivity index (χ4n) is 1.90. The van der Waals surface area contributed by atoms with Crippen LogP contribution in [0.4, 0.5) is 0 Å². The fraction of sp³-hybridized carbons (Fsp3) is 0.385. The van der Waals surface area contributed by atoms with E-state index in [1.807, 2.05) is 17.8 Å². The fourth-order valence-corrected chi connectivity index (χ4v) is 2.32. The molecule has 3 heteroatoms. The van der Waals surface area contributed by atoms with Crippen LogP contribution in [0.2, 0.25) is 0 Å². The highest BCUT2D eigenvalue weighted by Gasteiger charge is 2.01. The minimum atomic E-state index is 0.117. The van der Waals surface area contributed by atoms with Crippen LogP contribution in [0.5, 0.6) is 0 Å². The summed E-state index contributed by atoms with van der Waals surface area (Å²) in [6, 6.07) is 8.27. The van der Waals surface area contributed by atoms with E-state index in [9.17, 15) is 0 Å². The van der Waals surface area contributed by atoms with Gasteiger partial charge in [-0.25, -0.2) is 0 Å². The standard InChI is InChI=1S/C13H17NOS/c1-16-8-2-6-14-7-5-12-4-3-11(10-15)9-13(12)14/h3-5,7,9,15H,2,6,8,10H2,1H3. The van der Waals surface area contributed by atoms with Crippen molar-refractivity contribution in [3.63, 3.8) is 0 Å². The second-order valence-electron chi connectivity index (χ2n) is 3.91. The molecule has 86 valence electrons. The molecule has 16 heavy (non-hydrogen) atoms. The van der Waals surface area contributed by atoms with Gasteiger partial charge in [0, 0.05) is 18.3 Å². The van der Waals surface area contributed by atoms with Gasteiger partial charge >= 0.3 is 0 Å². The molecule has 0 saturated carbocycles. The first-order chi connectivity index (χ1) is 7.85. The number of aliphatic hydroxyl groups excluding tert-OH is 1. The molecule has 0 unspecified atom stereocenters. The summed E-state index contributed by atoms with van der Waals surface area (Å²) in [6.07, 6.45) is 5.46. The summed E-state index contributed by atoms with van der Waals surface area (Å²) in [6.45, 7) is 1.17. The largest absolute Gasteiger partial charge is 0.392 e. The molecule has 2 nitrogen and oxygen atoms in total. The molecule has 1 aromatic heterocycles. The Bertz CT molecular complexity index is 464. The second-order valence-corrected chi connectivity index (χ2v) is 4.89. The number of nitrogens with zero attached hydrogens (tertiary/aromatic N) is 1. The third-order valence-electron chi connectivity index (χ3n) is 2.77. The van der Waals surface area contributed by atoms with Crippen molar-refractivity contribution in [1.82, 2.24) is 4.57 Å². The first-order valence-electron chi connectivity index (χ1n) is 5.52. The van der Waals surface area contributed by atoms with Gasteiger partial charge in [-0.05, 0) is 41.5 Å². The van der Waals surface area contributed by atoms with Gasteiger partial charge in [-0.3, -0.25) is 0 Å². The monoisotopic (exact) mass is 235 g/mol. The van der Waals surface area contributed by atoms with Crippen molar-refractivity contribution in [2.24, 2.45) is 0 Å². The Kier molecular flexibility index (Phi) is 3.91. The molecule has 0 bridgehead atoms. The normalized spacial score (nSPS) is 11.1. The van der Waals surface area contributed by atoms with Crippen LogP contribution in [0.15, 0.2) is 30.5 Å². The van der Waals surface area contributed by atoms with E-state index in [1.54, 1.807) is 0 Å². The lowest BCUT2D eigenvalue weighted by Gasteiger charge is -2.05. The van der Waals surface area contributed by atoms with Crippen LogP contribution in [-0.2, 0) is 13.2 Å². The molecule has 0 fully saturated rings. The van der Waals surface area contributed by atoms with Gasteiger partial charge in [0.25, 0.3) is 0 Å². The zero-order chi connectivity index (χ0) is 11.4. The molecular weight excluding hydrogens is 218 g/mol. The van der Waals surface area contributed by atoms with E-state index >= 15 is 0 Å². The molecule has 0 amide bonds. The van der Waals surface area contributed by atoms with Crippen molar-refractivity contribution in [1.29, 1.82) is 0 Å². The molecule has 0 aliphatic carbocycles. The van der Waals surface area contributed by atoms with E-state index in [4.69, 9.17) is 5.11 Å². The van der Waals surface area contributed by atoms with Gasteiger partial charge in [-0.15, -0.1) is 0 Å². The number of aryl methyl sites for hydroxylation is 1. The van der Waals surface area contributed by atoms with Crippen LogP contribution in [0.1, 0.15) is 12.0 Å². The van der Waals surface area contributed by atoms with Crippen LogP contribution < -0.4 is 0 Å². The Morgan fingerprint density at radius 3 is 2.94 bits per heavy atom. The van der Waals surface area contributed by atoms with E-state index in [1.165, 1.54) is 23.1 Å². The number of thioether (sulfide) groups is 1. The quantitative estimate of drug-likeness (QED) is 0.806. The number of hydrogen-bond acceptors (Lipinski definition) is 2. The molecule has 2 aromatic rings. The molecule has 0 aliphatic rings. The number of hydrogen-bond donors (Lipinski definition) is 1. The van der Waals surface area contributed by atoms with Gasteiger partial charge in [0.05, 0.1) is 6.61 Å². The first-order valence-corrected chi connectivity index (χ1v) is 6.92. The zero-order valence-corrected chi connectivity index (χ0v) is 10.3. The molecule has 0 atom stereocenters. The lowest BCUT2D eigenvalue weighted by molar-refractivity contribution is 0.282. The van der Waals surface area contributed by atoms with Crippen LogP contribution >= 0.6 is 11.8 Å². The Morgan fingerprint density at radius 2 is 2.19 bits per heavy atom. The van der Waals surface area contributed by atoms with Gasteiger partial charge in [0.15, 0.2) is 0 Å². The number of benzene rings is 1. The Hall–Kier alpha value is -0.930. The summed E-state index contributed by atoms with van der Waals surface area (Å²) < 4.78 is 2.27. The maximum absolute atomic E-state index is 9.13. The number of aliphatic hydroxyl groups is 1. The van der Waals surface area contributed by atoms with E-state index in [0.717, 1.165) is 12.1 Å². The maximum atomic E-state index is 9.13. The number of rotatable bonds is 5. The molecule has 1 N–H and O–H groups in total. The second kappa shape index (κ2) is 5.41. The average molecular weight is 235 g/mol. The minimum Gasteiger partial charge on any atom is -0.392 e. The van der Waals surface area contributed by atoms with Crippen molar-refractivity contribution < 1.29 is 5.11 Å². The van der Waals surface area contributed by atoms with E-state index in [-0.39, 0.29) is 6.61 Å². The maximum Gasteiger partial charge on any atom is 0.0682 e. The van der Waals surface area contributed by atoms with Crippen molar-refractivity contribution >= 4 is 22.7 Å². The third-order valence-corrected chi connectivity index (χ3v) is 3.47. The predicted molar refractivity (Wildman–Crippen MR) is 70.9 cm³/mol. The van der Waals surface area contributed by atoms with Gasteiger partial charge in [-0.1, -0.05) is 12.1 Å². The summed E-state index contributed by atoms with van der Waals surface area (Å²) in [5, 5.41) is 10.4. The zero-order valence-electron chi connectivity index (χ0n) is 9.52. The Labute approximate surface area is 100 Å². The summed E-state index contributed by atoms with van der Waals surface area (Å²) in [7, 11) is 0. The Balaban J connectivity index is 2.24. The SMILES string of the molecule is CSCCCn1ccc2ccc(CO)cc21. The smallest absolute Gasteiger partial charge is 0.0682 e. The first kappa shape index (κ1) is 11.6. The third kappa shape index (κ3) is 2.42. The highest BCUT2D eigenvalue weighted by molar-refractivity contribution is 7.98. The van der Waals surface area contributed by atoms with Gasteiger partial charge in [-0.2, -0.15) is 11.8 Å². The minimum absolute atomic E-state index is 0.117. The van der Waals surface area contributed by atoms with Crippen molar-refractivity contribution in [3.05, 3.63) is 36.0 Å². The van der Waals surface area contributed by atoms with Gasteiger partial charge in [0.2, 0.25) is 0 Å². The summed E-state index contributed by atoms with van der Waals surface area (Å²) in [5.41, 5.74) is 2.21. The van der Waals surface area contributed by atoms with E-state index < -0.39 is 0 Å². The molecule has 1 aromatic carbocycles. The van der Waals surface area contributed by atoms with Crippen molar-refractivity contribution in [3.8, 4) is 0 Å². The van der Waals surface area contributed by atoms with Crippen molar-refractivity contribution in [2.75, 3.05) is 12.0 Å². The molecule has 0 saturated heterocycles. The van der Waals surface area contributed by atoms with Crippen LogP contribution in [0, 0.1) is 0 Å². The van der Waals surface area contributed by atoms with Gasteiger partial charge < -0.3 is 9.67 Å². The highest BCUT2D eigenvalue weighted by atomic mass is 32.2. The van der Waals surface area contributed by atoms with Crippen LogP contribution in [0.25, 0.3) is 10.9 Å². The molecule has 0 spiro atoms. The highest BCUT2D eigenvalue weighted by Crippen LogP contribution is 2.18. The van der Waals surface area contributed by atoms with Crippen LogP contribution in [-0.4, -0.2) is 21.7 Å². The molecule has 2 rings (SSSR count). The molecule has 0 aliphatic heterocycles. The molecule has 1 heterocycles. The predicted octanol–water partition coefficient (Wildman–Crippen LogP) is 2.89. The lowest BCUT2D eigenvalue weighted by atomic mass is 10.2. The molecule has 0 radical (unpaired) electrons. The lowest BCUT2D eigenvalue weighted by Crippen LogP contribution is -1.97. The average Bonchev–Trinajstić information content (AvgIpc) is 2.72. The summed E-state index contributed by atoms with van der Waals surface area (Å²) >= 11 is 1.88. The Morgan fingerprint density at radius 1 is 1.31 bits per heavy atom.